The number of pyridine rings is 2. The molecule has 0 aliphatic rings. The summed E-state index contributed by atoms with van der Waals surface area (Å²) in [5.41, 5.74) is 8.65. The lowest BCUT2D eigenvalue weighted by Gasteiger charge is -2.13. The third-order valence-electron chi connectivity index (χ3n) is 9.32. The van der Waals surface area contributed by atoms with Gasteiger partial charge in [0.15, 0.2) is 0 Å². The van der Waals surface area contributed by atoms with Gasteiger partial charge in [-0.2, -0.15) is 0 Å². The van der Waals surface area contributed by atoms with Gasteiger partial charge in [0.1, 0.15) is 5.82 Å². The summed E-state index contributed by atoms with van der Waals surface area (Å²) in [6.45, 7) is 0. The molecule has 0 spiro atoms. The maximum Gasteiger partial charge on any atom is 0.140 e. The minimum Gasteiger partial charge on any atom is -0.309 e. The summed E-state index contributed by atoms with van der Waals surface area (Å²) < 4.78 is 4.72. The van der Waals surface area contributed by atoms with Crippen molar-refractivity contribution in [2.24, 2.45) is 0 Å². The fourth-order valence-corrected chi connectivity index (χ4v) is 7.34. The first-order valence-electron chi connectivity index (χ1n) is 15.6. The second kappa shape index (κ2) is 9.62. The Bertz CT molecular complexity index is 2790. The third kappa shape index (κ3) is 3.55. The molecule has 0 aliphatic heterocycles. The molecule has 6 aromatic carbocycles. The van der Waals surface area contributed by atoms with E-state index in [4.69, 9.17) is 9.97 Å². The van der Waals surface area contributed by atoms with E-state index in [1.54, 1.807) is 0 Å². The monoisotopic (exact) mass is 586 g/mol. The number of hydrogen-bond donors (Lipinski definition) is 0. The van der Waals surface area contributed by atoms with E-state index in [0.29, 0.717) is 0 Å². The molecule has 0 saturated carbocycles. The van der Waals surface area contributed by atoms with Gasteiger partial charge >= 0.3 is 0 Å². The second-order valence-electron chi connectivity index (χ2n) is 11.9. The van der Waals surface area contributed by atoms with Crippen molar-refractivity contribution in [3.8, 4) is 22.8 Å². The number of benzene rings is 6. The molecule has 0 fully saturated rings. The number of fused-ring (bicyclic) bond motifs is 9. The number of para-hydroxylation sites is 2. The standard InChI is InChI=1S/C42H26N4/c1-3-13-28(14-4-1)42-32-19-11-23-43-35(32)25-40(44-42)46-36-20-10-9-18-31(36)33-24-34-39(26-38(33)46)45(29-15-5-2-6-16-29)37-22-21-27-12-7-8-17-30(27)41(34)37/h1-26H. The highest BCUT2D eigenvalue weighted by molar-refractivity contribution is 6.25. The van der Waals surface area contributed by atoms with Crippen molar-refractivity contribution in [3.63, 3.8) is 0 Å². The molecule has 0 unspecified atom stereocenters. The summed E-state index contributed by atoms with van der Waals surface area (Å²) >= 11 is 0. The van der Waals surface area contributed by atoms with Crippen LogP contribution in [0, 0.1) is 0 Å². The minimum atomic E-state index is 0.850. The van der Waals surface area contributed by atoms with Crippen LogP contribution in [0.25, 0.3) is 88.0 Å². The van der Waals surface area contributed by atoms with Gasteiger partial charge < -0.3 is 4.57 Å². The van der Waals surface area contributed by atoms with Crippen LogP contribution in [0.1, 0.15) is 0 Å². The summed E-state index contributed by atoms with van der Waals surface area (Å²) in [7, 11) is 0. The first kappa shape index (κ1) is 25.1. The molecule has 4 heterocycles. The van der Waals surface area contributed by atoms with E-state index < -0.39 is 0 Å². The molecule has 0 saturated heterocycles. The van der Waals surface area contributed by atoms with Crippen molar-refractivity contribution in [1.82, 2.24) is 19.1 Å². The maximum absolute atomic E-state index is 5.37. The summed E-state index contributed by atoms with van der Waals surface area (Å²) in [4.78, 5) is 10.2. The second-order valence-corrected chi connectivity index (χ2v) is 11.9. The molecule has 4 heteroatoms. The largest absolute Gasteiger partial charge is 0.309 e. The Kier molecular flexibility index (Phi) is 5.25. The van der Waals surface area contributed by atoms with Crippen molar-refractivity contribution in [2.75, 3.05) is 0 Å². The van der Waals surface area contributed by atoms with Gasteiger partial charge in [0.05, 0.1) is 33.3 Å². The molecule has 0 bridgehead atoms. The van der Waals surface area contributed by atoms with Gasteiger partial charge in [0.2, 0.25) is 0 Å². The van der Waals surface area contributed by atoms with Gasteiger partial charge in [-0.3, -0.25) is 9.55 Å². The number of hydrogen-bond acceptors (Lipinski definition) is 2. The molecule has 4 aromatic heterocycles. The molecule has 0 amide bonds. The first-order valence-corrected chi connectivity index (χ1v) is 15.6. The van der Waals surface area contributed by atoms with Gasteiger partial charge in [-0.25, -0.2) is 4.98 Å². The zero-order valence-electron chi connectivity index (χ0n) is 24.8. The Hall–Kier alpha value is -6.26. The summed E-state index contributed by atoms with van der Waals surface area (Å²) in [6.07, 6.45) is 1.86. The van der Waals surface area contributed by atoms with Crippen molar-refractivity contribution in [1.29, 1.82) is 0 Å². The van der Waals surface area contributed by atoms with E-state index in [9.17, 15) is 0 Å². The zero-order chi connectivity index (χ0) is 30.2. The number of aromatic nitrogens is 4. The van der Waals surface area contributed by atoms with Crippen LogP contribution >= 0.6 is 0 Å². The Morgan fingerprint density at radius 2 is 1.15 bits per heavy atom. The van der Waals surface area contributed by atoms with Gasteiger partial charge in [-0.05, 0) is 59.3 Å². The fourth-order valence-electron chi connectivity index (χ4n) is 7.34. The van der Waals surface area contributed by atoms with Gasteiger partial charge in [-0.1, -0.05) is 97.1 Å². The minimum absolute atomic E-state index is 0.850. The summed E-state index contributed by atoms with van der Waals surface area (Å²) in [6, 6.07) is 54.0. The van der Waals surface area contributed by atoms with E-state index in [2.05, 4.69) is 149 Å². The lowest BCUT2D eigenvalue weighted by atomic mass is 10.0. The normalized spacial score (nSPS) is 11.9. The van der Waals surface area contributed by atoms with Crippen LogP contribution in [0.5, 0.6) is 0 Å². The Balaban J connectivity index is 1.38. The molecular weight excluding hydrogens is 560 g/mol. The average Bonchev–Trinajstić information content (AvgIpc) is 3.63. The van der Waals surface area contributed by atoms with E-state index in [-0.39, 0.29) is 0 Å². The Labute approximate surface area is 264 Å². The molecular formula is C42H26N4. The van der Waals surface area contributed by atoms with Crippen molar-refractivity contribution < 1.29 is 0 Å². The van der Waals surface area contributed by atoms with Gasteiger partial charge in [0, 0.05) is 50.4 Å². The topological polar surface area (TPSA) is 35.6 Å². The van der Waals surface area contributed by atoms with Crippen LogP contribution in [0.15, 0.2) is 158 Å². The molecule has 4 nitrogen and oxygen atoms in total. The molecule has 10 aromatic rings. The van der Waals surface area contributed by atoms with Crippen molar-refractivity contribution in [3.05, 3.63) is 158 Å². The maximum atomic E-state index is 5.37. The average molecular weight is 587 g/mol. The Morgan fingerprint density at radius 3 is 2.02 bits per heavy atom. The van der Waals surface area contributed by atoms with Crippen LogP contribution in [-0.2, 0) is 0 Å². The highest BCUT2D eigenvalue weighted by Crippen LogP contribution is 2.42. The third-order valence-corrected chi connectivity index (χ3v) is 9.32. The van der Waals surface area contributed by atoms with E-state index in [0.717, 1.165) is 50.2 Å². The SMILES string of the molecule is c1ccc(-c2nc(-n3c4ccccc4c4cc5c6c7ccccc7ccc6n(-c6ccccc6)c5cc43)cc3ncccc23)cc1. The quantitative estimate of drug-likeness (QED) is 0.206. The van der Waals surface area contributed by atoms with Gasteiger partial charge in [0.25, 0.3) is 0 Å². The highest BCUT2D eigenvalue weighted by Gasteiger charge is 2.21. The molecule has 0 radical (unpaired) electrons. The number of nitrogens with zero attached hydrogens (tertiary/aromatic N) is 4. The van der Waals surface area contributed by atoms with Crippen LogP contribution in [0.3, 0.4) is 0 Å². The van der Waals surface area contributed by atoms with E-state index in [1.807, 2.05) is 18.3 Å². The predicted molar refractivity (Wildman–Crippen MR) is 191 cm³/mol. The van der Waals surface area contributed by atoms with Crippen molar-refractivity contribution in [2.45, 2.75) is 0 Å². The van der Waals surface area contributed by atoms with Crippen LogP contribution in [0.2, 0.25) is 0 Å². The first-order chi connectivity index (χ1) is 22.8. The van der Waals surface area contributed by atoms with Crippen LogP contribution in [0.4, 0.5) is 0 Å². The molecule has 214 valence electrons. The molecule has 0 N–H and O–H groups in total. The molecule has 0 atom stereocenters. The summed E-state index contributed by atoms with van der Waals surface area (Å²) in [5, 5.41) is 8.45. The van der Waals surface area contributed by atoms with Crippen molar-refractivity contribution >= 4 is 65.3 Å². The van der Waals surface area contributed by atoms with Gasteiger partial charge in [-0.15, -0.1) is 0 Å². The van der Waals surface area contributed by atoms with Crippen LogP contribution in [-0.4, -0.2) is 19.1 Å². The molecule has 46 heavy (non-hydrogen) atoms. The Morgan fingerprint density at radius 1 is 0.435 bits per heavy atom. The lowest BCUT2D eigenvalue weighted by Crippen LogP contribution is -2.01. The van der Waals surface area contributed by atoms with E-state index in [1.165, 1.54) is 37.8 Å². The fraction of sp³-hybridized carbons (Fsp3) is 0. The predicted octanol–water partition coefficient (Wildman–Crippen LogP) is 10.6. The lowest BCUT2D eigenvalue weighted by molar-refractivity contribution is 1.09. The molecule has 10 rings (SSSR count). The zero-order valence-corrected chi connectivity index (χ0v) is 24.8. The van der Waals surface area contributed by atoms with Crippen LogP contribution < -0.4 is 0 Å². The molecule has 0 aliphatic carbocycles. The number of rotatable bonds is 3. The summed E-state index contributed by atoms with van der Waals surface area (Å²) in [5.74, 6) is 0.850. The smallest absolute Gasteiger partial charge is 0.140 e. The van der Waals surface area contributed by atoms with E-state index >= 15 is 0 Å². The highest BCUT2D eigenvalue weighted by atomic mass is 15.1.